The van der Waals surface area contributed by atoms with Gasteiger partial charge in [0, 0.05) is 22.5 Å². The van der Waals surface area contributed by atoms with Crippen LogP contribution in [0, 0.1) is 0 Å². The predicted octanol–water partition coefficient (Wildman–Crippen LogP) is 4.94. The van der Waals surface area contributed by atoms with Crippen molar-refractivity contribution in [1.29, 1.82) is 0 Å². The van der Waals surface area contributed by atoms with Crippen LogP contribution in [0.15, 0.2) is 18.2 Å². The zero-order valence-corrected chi connectivity index (χ0v) is 17.1. The molecule has 2 aromatic rings. The minimum atomic E-state index is -4.38. The molecule has 1 atom stereocenters. The van der Waals surface area contributed by atoms with Crippen molar-refractivity contribution >= 4 is 11.9 Å². The number of nitrogens with zero attached hydrogens (tertiary/aromatic N) is 2. The normalized spacial score (nSPS) is 19.1. The maximum Gasteiger partial charge on any atom is 0.435 e. The zero-order chi connectivity index (χ0) is 19.9. The van der Waals surface area contributed by atoms with E-state index in [1.165, 1.54) is 11.1 Å². The molecule has 1 N–H and O–H groups in total. The Hall–Kier alpha value is -1.47. The molecule has 4 rings (SSSR count). The van der Waals surface area contributed by atoms with Crippen molar-refractivity contribution in [2.45, 2.75) is 76.4 Å². The van der Waals surface area contributed by atoms with Crippen LogP contribution in [0.1, 0.15) is 60.3 Å². The van der Waals surface area contributed by atoms with E-state index in [0.29, 0.717) is 36.2 Å². The minimum absolute atomic E-state index is 0.407. The molecule has 0 radical (unpaired) electrons. The molecule has 2 aliphatic carbocycles. The smallest absolute Gasteiger partial charge is 0.264 e. The Morgan fingerprint density at radius 1 is 1.18 bits per heavy atom. The van der Waals surface area contributed by atoms with Gasteiger partial charge in [0.1, 0.15) is 0 Å². The first-order chi connectivity index (χ1) is 13.3. The second-order valence-corrected chi connectivity index (χ2v) is 9.54. The van der Waals surface area contributed by atoms with Gasteiger partial charge in [0.15, 0.2) is 5.69 Å². The quantitative estimate of drug-likeness (QED) is 0.709. The van der Waals surface area contributed by atoms with Crippen molar-refractivity contribution in [3.05, 3.63) is 51.8 Å². The summed E-state index contributed by atoms with van der Waals surface area (Å²) in [7, 11) is 0. The van der Waals surface area contributed by atoms with Crippen molar-refractivity contribution in [3.63, 3.8) is 0 Å². The second-order valence-electron chi connectivity index (χ2n) is 8.13. The van der Waals surface area contributed by atoms with Crippen LogP contribution in [-0.2, 0) is 38.4 Å². The molecule has 1 aromatic heterocycles. The van der Waals surface area contributed by atoms with Gasteiger partial charge in [0.25, 0.3) is 0 Å². The maximum atomic E-state index is 13.4. The molecular formula is C21H26F3N3S. The Kier molecular flexibility index (Phi) is 5.49. The predicted molar refractivity (Wildman–Crippen MR) is 106 cm³/mol. The summed E-state index contributed by atoms with van der Waals surface area (Å²) in [5, 5.41) is 4.53. The molecule has 0 fully saturated rings. The third-order valence-electron chi connectivity index (χ3n) is 5.53. The molecule has 0 unspecified atom stereocenters. The molecule has 2 aliphatic rings. The Morgan fingerprint density at radius 3 is 2.68 bits per heavy atom. The van der Waals surface area contributed by atoms with Gasteiger partial charge in [-0.2, -0.15) is 18.3 Å². The van der Waals surface area contributed by atoms with Crippen LogP contribution < -0.4 is 4.72 Å². The van der Waals surface area contributed by atoms with E-state index in [1.54, 1.807) is 16.6 Å². The van der Waals surface area contributed by atoms with Gasteiger partial charge < -0.3 is 0 Å². The number of benzene rings is 1. The van der Waals surface area contributed by atoms with Crippen molar-refractivity contribution in [2.75, 3.05) is 0 Å². The lowest BCUT2D eigenvalue weighted by Gasteiger charge is -2.15. The molecule has 0 saturated heterocycles. The molecule has 152 valence electrons. The van der Waals surface area contributed by atoms with Crippen molar-refractivity contribution in [1.82, 2.24) is 14.5 Å². The molecule has 3 nitrogen and oxygen atoms in total. The SMILES string of the molecule is CC(C)SN[C@H]1Cc2ccc(Cn3nc(C(F)(F)F)c4c3CCCC4)cc2C1. The highest BCUT2D eigenvalue weighted by atomic mass is 32.2. The number of aromatic nitrogens is 2. The summed E-state index contributed by atoms with van der Waals surface area (Å²) in [6.45, 7) is 4.74. The van der Waals surface area contributed by atoms with Gasteiger partial charge >= 0.3 is 6.18 Å². The number of nitrogens with one attached hydrogen (secondary N) is 1. The molecule has 0 amide bonds. The summed E-state index contributed by atoms with van der Waals surface area (Å²) in [6.07, 6.45) is 0.498. The van der Waals surface area contributed by atoms with E-state index in [9.17, 15) is 13.2 Å². The van der Waals surface area contributed by atoms with Crippen molar-refractivity contribution in [2.24, 2.45) is 0 Å². The number of halogens is 3. The van der Waals surface area contributed by atoms with Crippen LogP contribution in [0.3, 0.4) is 0 Å². The standard InChI is InChI=1S/C21H26F3N3S/c1-13(2)28-26-17-10-15-8-7-14(9-16(15)11-17)12-27-19-6-4-3-5-18(19)20(25-27)21(22,23)24/h7-9,13,17,26H,3-6,10-12H2,1-2H3/t17-/m0/s1. The van der Waals surface area contributed by atoms with E-state index in [4.69, 9.17) is 0 Å². The lowest BCUT2D eigenvalue weighted by molar-refractivity contribution is -0.142. The van der Waals surface area contributed by atoms with E-state index < -0.39 is 11.9 Å². The molecule has 28 heavy (non-hydrogen) atoms. The first kappa shape index (κ1) is 19.8. The van der Waals surface area contributed by atoms with Gasteiger partial charge in [-0.3, -0.25) is 9.40 Å². The number of fused-ring (bicyclic) bond motifs is 2. The van der Waals surface area contributed by atoms with E-state index >= 15 is 0 Å². The highest BCUT2D eigenvalue weighted by molar-refractivity contribution is 7.98. The number of hydrogen-bond donors (Lipinski definition) is 1. The van der Waals surface area contributed by atoms with Crippen LogP contribution >= 0.6 is 11.9 Å². The van der Waals surface area contributed by atoms with Gasteiger partial charge in [-0.15, -0.1) is 0 Å². The average molecular weight is 410 g/mol. The van der Waals surface area contributed by atoms with Gasteiger partial charge in [-0.25, -0.2) is 0 Å². The lowest BCUT2D eigenvalue weighted by atomic mass is 9.95. The zero-order valence-electron chi connectivity index (χ0n) is 16.3. The van der Waals surface area contributed by atoms with Crippen LogP contribution in [0.4, 0.5) is 13.2 Å². The molecule has 0 bridgehead atoms. The summed E-state index contributed by atoms with van der Waals surface area (Å²) in [6, 6.07) is 6.75. The van der Waals surface area contributed by atoms with E-state index in [0.717, 1.165) is 36.9 Å². The molecule has 1 heterocycles. The monoisotopic (exact) mass is 409 g/mol. The molecule has 7 heteroatoms. The summed E-state index contributed by atoms with van der Waals surface area (Å²) in [5.41, 5.74) is 4.17. The Bertz CT molecular complexity index is 857. The van der Waals surface area contributed by atoms with E-state index in [-0.39, 0.29) is 0 Å². The maximum absolute atomic E-state index is 13.4. The van der Waals surface area contributed by atoms with E-state index in [2.05, 4.69) is 35.8 Å². The molecule has 0 aliphatic heterocycles. The number of alkyl halides is 3. The summed E-state index contributed by atoms with van der Waals surface area (Å²) in [4.78, 5) is 0. The molecular weight excluding hydrogens is 383 g/mol. The first-order valence-corrected chi connectivity index (χ1v) is 10.9. The van der Waals surface area contributed by atoms with Gasteiger partial charge in [0.2, 0.25) is 0 Å². The summed E-state index contributed by atoms with van der Waals surface area (Å²) in [5.74, 6) is 0. The molecule has 0 spiro atoms. The van der Waals surface area contributed by atoms with Crippen LogP contribution in [-0.4, -0.2) is 21.1 Å². The third-order valence-corrected chi connectivity index (χ3v) is 6.47. The van der Waals surface area contributed by atoms with Crippen molar-refractivity contribution < 1.29 is 13.2 Å². The Balaban J connectivity index is 1.54. The topological polar surface area (TPSA) is 29.9 Å². The number of rotatable bonds is 5. The summed E-state index contributed by atoms with van der Waals surface area (Å²) >= 11 is 1.76. The molecule has 1 aromatic carbocycles. The fourth-order valence-corrected chi connectivity index (χ4v) is 4.92. The average Bonchev–Trinajstić information content (AvgIpc) is 3.21. The Labute approximate surface area is 168 Å². The lowest BCUT2D eigenvalue weighted by Crippen LogP contribution is -2.24. The highest BCUT2D eigenvalue weighted by Crippen LogP contribution is 2.36. The van der Waals surface area contributed by atoms with Crippen LogP contribution in [0.5, 0.6) is 0 Å². The van der Waals surface area contributed by atoms with Crippen molar-refractivity contribution in [3.8, 4) is 0 Å². The molecule has 0 saturated carbocycles. The van der Waals surface area contributed by atoms with Gasteiger partial charge in [0.05, 0.1) is 6.54 Å². The van der Waals surface area contributed by atoms with Crippen LogP contribution in [0.2, 0.25) is 0 Å². The summed E-state index contributed by atoms with van der Waals surface area (Å²) < 4.78 is 45.3. The second kappa shape index (κ2) is 7.75. The Morgan fingerprint density at radius 2 is 1.93 bits per heavy atom. The first-order valence-electron chi connectivity index (χ1n) is 9.99. The fraction of sp³-hybridized carbons (Fsp3) is 0.571. The van der Waals surface area contributed by atoms with Gasteiger partial charge in [-0.1, -0.05) is 44.0 Å². The minimum Gasteiger partial charge on any atom is -0.264 e. The van der Waals surface area contributed by atoms with E-state index in [1.807, 2.05) is 6.07 Å². The number of hydrogen-bond acceptors (Lipinski definition) is 3. The largest absolute Gasteiger partial charge is 0.435 e. The fourth-order valence-electron chi connectivity index (χ4n) is 4.29. The highest BCUT2D eigenvalue weighted by Gasteiger charge is 2.39. The van der Waals surface area contributed by atoms with Gasteiger partial charge in [-0.05, 0) is 55.2 Å². The third kappa shape index (κ3) is 4.10. The van der Waals surface area contributed by atoms with Crippen LogP contribution in [0.25, 0.3) is 0 Å².